The van der Waals surface area contributed by atoms with Gasteiger partial charge in [-0.25, -0.2) is 0 Å². The van der Waals surface area contributed by atoms with Crippen molar-refractivity contribution in [3.63, 3.8) is 0 Å². The van der Waals surface area contributed by atoms with E-state index in [1.165, 1.54) is 0 Å². The van der Waals surface area contributed by atoms with E-state index in [-0.39, 0.29) is 0 Å². The van der Waals surface area contributed by atoms with E-state index in [2.05, 4.69) is 34.6 Å². The second-order valence-electron chi connectivity index (χ2n) is 2.26. The first-order valence-corrected chi connectivity index (χ1v) is 4.54. The highest BCUT2D eigenvalue weighted by atomic mass is 127. The van der Waals surface area contributed by atoms with Gasteiger partial charge < -0.3 is 0 Å². The summed E-state index contributed by atoms with van der Waals surface area (Å²) in [4.78, 5) is 10.4. The third kappa shape index (κ3) is 2.02. The van der Waals surface area contributed by atoms with Crippen LogP contribution in [0.25, 0.3) is 0 Å². The summed E-state index contributed by atoms with van der Waals surface area (Å²) in [5.41, 5.74) is 0.680. The number of aromatic nitrogens is 2. The fourth-order valence-electron chi connectivity index (χ4n) is 0.836. The summed E-state index contributed by atoms with van der Waals surface area (Å²) < 4.78 is 2.58. The number of hydrogen-bond donors (Lipinski definition) is 0. The molecule has 0 aliphatic heterocycles. The molecule has 0 bridgehead atoms. The van der Waals surface area contributed by atoms with Crippen molar-refractivity contribution in [2.24, 2.45) is 0 Å². The van der Waals surface area contributed by atoms with E-state index < -0.39 is 0 Å². The second kappa shape index (κ2) is 3.85. The lowest BCUT2D eigenvalue weighted by Crippen LogP contribution is -1.96. The third-order valence-corrected chi connectivity index (χ3v) is 2.16. The molecule has 0 aliphatic rings. The van der Waals surface area contributed by atoms with Crippen LogP contribution in [0.5, 0.6) is 0 Å². The van der Waals surface area contributed by atoms with E-state index in [0.717, 1.165) is 23.0 Å². The van der Waals surface area contributed by atoms with Gasteiger partial charge in [0.15, 0.2) is 6.29 Å². The van der Waals surface area contributed by atoms with Crippen molar-refractivity contribution >= 4 is 28.9 Å². The van der Waals surface area contributed by atoms with Gasteiger partial charge in [-0.3, -0.25) is 9.48 Å². The van der Waals surface area contributed by atoms with Crippen LogP contribution in [0.15, 0.2) is 6.20 Å². The molecule has 0 amide bonds. The predicted molar refractivity (Wildman–Crippen MR) is 50.6 cm³/mol. The van der Waals surface area contributed by atoms with Crippen molar-refractivity contribution in [1.29, 1.82) is 0 Å². The molecular weight excluding hydrogens is 255 g/mol. The van der Waals surface area contributed by atoms with E-state index >= 15 is 0 Å². The van der Waals surface area contributed by atoms with E-state index in [1.54, 1.807) is 10.9 Å². The molecule has 0 fully saturated rings. The van der Waals surface area contributed by atoms with Crippen LogP contribution in [-0.2, 0) is 6.54 Å². The van der Waals surface area contributed by atoms with Gasteiger partial charge in [-0.05, 0) is 29.0 Å². The van der Waals surface area contributed by atoms with Crippen molar-refractivity contribution in [1.82, 2.24) is 9.78 Å². The molecule has 0 saturated heterocycles. The van der Waals surface area contributed by atoms with Gasteiger partial charge >= 0.3 is 0 Å². The summed E-state index contributed by atoms with van der Waals surface area (Å²) in [5.74, 6) is 0. The number of carbonyl (C=O) groups is 1. The summed E-state index contributed by atoms with van der Waals surface area (Å²) in [6.07, 6.45) is 3.65. The minimum absolute atomic E-state index is 0.680. The fourth-order valence-corrected chi connectivity index (χ4v) is 1.38. The number of carbonyl (C=O) groups excluding carboxylic acids is 1. The summed E-state index contributed by atoms with van der Waals surface area (Å²) in [6, 6.07) is 0. The second-order valence-corrected chi connectivity index (χ2v) is 3.28. The van der Waals surface area contributed by atoms with Gasteiger partial charge in [0.1, 0.15) is 3.70 Å². The minimum atomic E-state index is 0.680. The molecule has 1 aromatic rings. The summed E-state index contributed by atoms with van der Waals surface area (Å²) in [7, 11) is 0. The van der Waals surface area contributed by atoms with Crippen LogP contribution in [0, 0.1) is 3.70 Å². The number of halogens is 1. The fraction of sp³-hybridized carbons (Fsp3) is 0.429. The lowest BCUT2D eigenvalue weighted by Gasteiger charge is -1.93. The molecule has 60 valence electrons. The molecule has 0 radical (unpaired) electrons. The van der Waals surface area contributed by atoms with Crippen LogP contribution in [0.4, 0.5) is 0 Å². The van der Waals surface area contributed by atoms with Crippen LogP contribution in [0.3, 0.4) is 0 Å². The van der Waals surface area contributed by atoms with Crippen molar-refractivity contribution < 1.29 is 4.79 Å². The van der Waals surface area contributed by atoms with Gasteiger partial charge in [-0.2, -0.15) is 5.10 Å². The minimum Gasteiger partial charge on any atom is -0.298 e. The van der Waals surface area contributed by atoms with Crippen LogP contribution >= 0.6 is 22.6 Å². The van der Waals surface area contributed by atoms with E-state index in [4.69, 9.17) is 0 Å². The Morgan fingerprint density at radius 1 is 1.82 bits per heavy atom. The zero-order valence-corrected chi connectivity index (χ0v) is 8.41. The van der Waals surface area contributed by atoms with Crippen molar-refractivity contribution in [2.75, 3.05) is 0 Å². The zero-order chi connectivity index (χ0) is 8.27. The Labute approximate surface area is 78.9 Å². The Balaban J connectivity index is 2.86. The Bertz CT molecular complexity index is 257. The Hall–Kier alpha value is -0.390. The van der Waals surface area contributed by atoms with Gasteiger partial charge in [-0.1, -0.05) is 6.92 Å². The van der Waals surface area contributed by atoms with Crippen LogP contribution in [0.2, 0.25) is 0 Å². The van der Waals surface area contributed by atoms with Crippen LogP contribution < -0.4 is 0 Å². The zero-order valence-electron chi connectivity index (χ0n) is 6.25. The third-order valence-electron chi connectivity index (χ3n) is 1.32. The van der Waals surface area contributed by atoms with Crippen molar-refractivity contribution in [3.05, 3.63) is 15.5 Å². The maximum Gasteiger partial charge on any atom is 0.154 e. The lowest BCUT2D eigenvalue weighted by molar-refractivity contribution is 0.112. The molecular formula is C7H9IN2O. The molecule has 0 N–H and O–H groups in total. The lowest BCUT2D eigenvalue weighted by atomic mass is 10.4. The largest absolute Gasteiger partial charge is 0.298 e. The first-order chi connectivity index (χ1) is 5.27. The molecule has 1 rings (SSSR count). The van der Waals surface area contributed by atoms with Crippen LogP contribution in [0.1, 0.15) is 23.7 Å². The number of nitrogens with zero attached hydrogens (tertiary/aromatic N) is 2. The van der Waals surface area contributed by atoms with Crippen molar-refractivity contribution in [2.45, 2.75) is 19.9 Å². The highest BCUT2D eigenvalue weighted by Gasteiger charge is 2.02. The Kier molecular flexibility index (Phi) is 3.04. The molecule has 0 spiro atoms. The standard InChI is InChI=1S/C7H9IN2O/c1-2-3-10-4-6(5-11)7(8)9-10/h4-5H,2-3H2,1H3. The van der Waals surface area contributed by atoms with Crippen molar-refractivity contribution in [3.8, 4) is 0 Å². The quantitative estimate of drug-likeness (QED) is 0.615. The molecule has 0 saturated carbocycles. The Morgan fingerprint density at radius 2 is 2.55 bits per heavy atom. The van der Waals surface area contributed by atoms with Gasteiger partial charge in [0.25, 0.3) is 0 Å². The van der Waals surface area contributed by atoms with Gasteiger partial charge in [0, 0.05) is 12.7 Å². The molecule has 1 heterocycles. The van der Waals surface area contributed by atoms with Gasteiger partial charge in [0.05, 0.1) is 5.56 Å². The molecule has 0 aromatic carbocycles. The van der Waals surface area contributed by atoms with E-state index in [0.29, 0.717) is 5.56 Å². The summed E-state index contributed by atoms with van der Waals surface area (Å²) in [6.45, 7) is 2.96. The molecule has 11 heavy (non-hydrogen) atoms. The molecule has 1 aromatic heterocycles. The molecule has 0 aliphatic carbocycles. The molecule has 0 atom stereocenters. The van der Waals surface area contributed by atoms with Gasteiger partial charge in [0.2, 0.25) is 0 Å². The predicted octanol–water partition coefficient (Wildman–Crippen LogP) is 1.71. The topological polar surface area (TPSA) is 34.9 Å². The number of aryl methyl sites for hydroxylation is 1. The summed E-state index contributed by atoms with van der Waals surface area (Å²) in [5, 5.41) is 4.14. The highest BCUT2D eigenvalue weighted by molar-refractivity contribution is 14.1. The Morgan fingerprint density at radius 3 is 3.00 bits per heavy atom. The first-order valence-electron chi connectivity index (χ1n) is 3.46. The normalized spacial score (nSPS) is 10.0. The average Bonchev–Trinajstić information content (AvgIpc) is 2.32. The maximum atomic E-state index is 10.4. The summed E-state index contributed by atoms with van der Waals surface area (Å²) >= 11 is 2.06. The first kappa shape index (κ1) is 8.70. The number of rotatable bonds is 3. The average molecular weight is 264 g/mol. The molecule has 0 unspecified atom stereocenters. The maximum absolute atomic E-state index is 10.4. The monoisotopic (exact) mass is 264 g/mol. The molecule has 3 nitrogen and oxygen atoms in total. The van der Waals surface area contributed by atoms with E-state index in [1.807, 2.05) is 0 Å². The SMILES string of the molecule is CCCn1cc(C=O)c(I)n1. The number of aldehydes is 1. The smallest absolute Gasteiger partial charge is 0.154 e. The van der Waals surface area contributed by atoms with Crippen LogP contribution in [-0.4, -0.2) is 16.1 Å². The highest BCUT2D eigenvalue weighted by Crippen LogP contribution is 2.07. The number of hydrogen-bond acceptors (Lipinski definition) is 2. The molecule has 4 heteroatoms. The van der Waals surface area contributed by atoms with Gasteiger partial charge in [-0.15, -0.1) is 0 Å². The van der Waals surface area contributed by atoms with E-state index in [9.17, 15) is 4.79 Å².